The molecule has 1 aliphatic rings. The number of carbonyl (C=O) groups is 3. The van der Waals surface area contributed by atoms with E-state index in [1.807, 2.05) is 54.6 Å². The summed E-state index contributed by atoms with van der Waals surface area (Å²) in [5.41, 5.74) is 2.34. The fourth-order valence-electron chi connectivity index (χ4n) is 4.73. The number of carbonyl (C=O) groups excluding carboxylic acids is 3. The standard InChI is InChI=1S/C30H32N4O4/c1-5-10-24(32-28(35)18(2)31-3)30(37)34-27-22-14-9-8-13-21(22)16-25(27)33-29(36)23-15-19-11-6-7-12-20(19)17-26(23)38-4/h1,6-9,11-15,17-18,24-25,27,31H,10,16H2,2-4H3,(H,32,35)(H,33,36)(H,34,37)/t18-,24-,25-,27-/m0/s1. The first-order valence-electron chi connectivity index (χ1n) is 12.5. The van der Waals surface area contributed by atoms with Crippen molar-refractivity contribution in [2.75, 3.05) is 14.2 Å². The maximum absolute atomic E-state index is 13.5. The summed E-state index contributed by atoms with van der Waals surface area (Å²) in [6, 6.07) is 16.8. The van der Waals surface area contributed by atoms with Crippen molar-refractivity contribution >= 4 is 28.5 Å². The molecule has 0 aromatic heterocycles. The van der Waals surface area contributed by atoms with E-state index in [1.165, 1.54) is 7.11 Å². The number of ether oxygens (including phenoxy) is 1. The molecule has 0 saturated heterocycles. The van der Waals surface area contributed by atoms with E-state index >= 15 is 0 Å². The second-order valence-corrected chi connectivity index (χ2v) is 9.35. The molecule has 8 nitrogen and oxygen atoms in total. The van der Waals surface area contributed by atoms with Crippen LogP contribution >= 0.6 is 0 Å². The van der Waals surface area contributed by atoms with Crippen LogP contribution < -0.4 is 26.0 Å². The maximum Gasteiger partial charge on any atom is 0.255 e. The Morgan fingerprint density at radius 1 is 1.03 bits per heavy atom. The van der Waals surface area contributed by atoms with Gasteiger partial charge in [-0.15, -0.1) is 12.3 Å². The highest BCUT2D eigenvalue weighted by atomic mass is 16.5. The first-order chi connectivity index (χ1) is 18.4. The van der Waals surface area contributed by atoms with Gasteiger partial charge in [-0.3, -0.25) is 14.4 Å². The number of benzene rings is 3. The zero-order valence-electron chi connectivity index (χ0n) is 21.7. The first-order valence-corrected chi connectivity index (χ1v) is 12.5. The average Bonchev–Trinajstić information content (AvgIpc) is 3.27. The number of hydrogen-bond acceptors (Lipinski definition) is 5. The van der Waals surface area contributed by atoms with Crippen LogP contribution in [0.4, 0.5) is 0 Å². The molecule has 3 aromatic carbocycles. The zero-order chi connectivity index (χ0) is 27.2. The summed E-state index contributed by atoms with van der Waals surface area (Å²) >= 11 is 0. The average molecular weight is 513 g/mol. The van der Waals surface area contributed by atoms with Crippen molar-refractivity contribution in [3.05, 3.63) is 77.4 Å². The lowest BCUT2D eigenvalue weighted by Crippen LogP contribution is -2.53. The molecule has 0 heterocycles. The van der Waals surface area contributed by atoms with Crippen LogP contribution in [-0.4, -0.2) is 50.0 Å². The van der Waals surface area contributed by atoms with Gasteiger partial charge >= 0.3 is 0 Å². The second-order valence-electron chi connectivity index (χ2n) is 9.35. The molecule has 8 heteroatoms. The van der Waals surface area contributed by atoms with Crippen LogP contribution in [0.5, 0.6) is 5.75 Å². The predicted molar refractivity (Wildman–Crippen MR) is 147 cm³/mol. The molecule has 38 heavy (non-hydrogen) atoms. The van der Waals surface area contributed by atoms with Gasteiger partial charge in [0.1, 0.15) is 11.8 Å². The summed E-state index contributed by atoms with van der Waals surface area (Å²) in [6.07, 6.45) is 6.06. The Morgan fingerprint density at radius 2 is 1.71 bits per heavy atom. The lowest BCUT2D eigenvalue weighted by molar-refractivity contribution is -0.130. The van der Waals surface area contributed by atoms with Crippen LogP contribution in [-0.2, 0) is 16.0 Å². The summed E-state index contributed by atoms with van der Waals surface area (Å²) in [5, 5.41) is 13.6. The summed E-state index contributed by atoms with van der Waals surface area (Å²) in [5.74, 6) is 1.88. The molecular weight excluding hydrogens is 480 g/mol. The minimum Gasteiger partial charge on any atom is -0.496 e. The number of terminal acetylenes is 1. The second kappa shape index (κ2) is 11.8. The Balaban J connectivity index is 1.58. The lowest BCUT2D eigenvalue weighted by Gasteiger charge is -2.26. The Kier molecular flexibility index (Phi) is 8.29. The van der Waals surface area contributed by atoms with Gasteiger partial charge in [-0.2, -0.15) is 0 Å². The molecule has 0 bridgehead atoms. The van der Waals surface area contributed by atoms with Crippen LogP contribution in [0.1, 0.15) is 40.9 Å². The minimum atomic E-state index is -0.909. The number of nitrogens with one attached hydrogen (secondary N) is 4. The largest absolute Gasteiger partial charge is 0.496 e. The van der Waals surface area contributed by atoms with Crippen molar-refractivity contribution in [3.63, 3.8) is 0 Å². The third-order valence-corrected chi connectivity index (χ3v) is 6.94. The van der Waals surface area contributed by atoms with E-state index in [-0.39, 0.29) is 18.2 Å². The van der Waals surface area contributed by atoms with E-state index < -0.39 is 30.1 Å². The quantitative estimate of drug-likeness (QED) is 0.330. The molecule has 1 aliphatic carbocycles. The van der Waals surface area contributed by atoms with E-state index in [4.69, 9.17) is 11.2 Å². The Morgan fingerprint density at radius 3 is 2.39 bits per heavy atom. The third kappa shape index (κ3) is 5.63. The molecule has 0 fully saturated rings. The highest BCUT2D eigenvalue weighted by molar-refractivity contribution is 6.02. The van der Waals surface area contributed by atoms with Crippen LogP contribution in [0.3, 0.4) is 0 Å². The van der Waals surface area contributed by atoms with E-state index in [9.17, 15) is 14.4 Å². The zero-order valence-corrected chi connectivity index (χ0v) is 21.7. The van der Waals surface area contributed by atoms with E-state index in [1.54, 1.807) is 20.0 Å². The minimum absolute atomic E-state index is 0.0354. The Bertz CT molecular complexity index is 1400. The molecular formula is C30H32N4O4. The van der Waals surface area contributed by atoms with Crippen molar-refractivity contribution < 1.29 is 19.1 Å². The Hall–Kier alpha value is -4.35. The normalized spacial score (nSPS) is 17.5. The van der Waals surface area contributed by atoms with E-state index in [0.29, 0.717) is 17.7 Å². The van der Waals surface area contributed by atoms with Gasteiger partial charge in [0.25, 0.3) is 5.91 Å². The van der Waals surface area contributed by atoms with Crippen molar-refractivity contribution in [1.82, 2.24) is 21.3 Å². The van der Waals surface area contributed by atoms with Gasteiger partial charge in [-0.25, -0.2) is 0 Å². The SMILES string of the molecule is C#CC[C@H](NC(=O)[C@H](C)NC)C(=O)N[C@H]1c2ccccc2C[C@@H]1NC(=O)c1cc2ccccc2cc1OC. The van der Waals surface area contributed by atoms with Crippen molar-refractivity contribution in [3.8, 4) is 18.1 Å². The topological polar surface area (TPSA) is 109 Å². The number of methoxy groups -OCH3 is 1. The molecule has 0 unspecified atom stereocenters. The molecule has 3 amide bonds. The number of likely N-dealkylation sites (N-methyl/N-ethyl adjacent to an activating group) is 1. The molecule has 196 valence electrons. The van der Waals surface area contributed by atoms with Gasteiger partial charge < -0.3 is 26.0 Å². The highest BCUT2D eigenvalue weighted by Gasteiger charge is 2.36. The van der Waals surface area contributed by atoms with Crippen molar-refractivity contribution in [2.45, 2.75) is 43.9 Å². The molecule has 4 atom stereocenters. The number of rotatable bonds is 9. The van der Waals surface area contributed by atoms with Crippen LogP contribution in [0, 0.1) is 12.3 Å². The highest BCUT2D eigenvalue weighted by Crippen LogP contribution is 2.33. The summed E-state index contributed by atoms with van der Waals surface area (Å²) in [7, 11) is 3.19. The molecule has 0 radical (unpaired) electrons. The number of fused-ring (bicyclic) bond motifs is 2. The van der Waals surface area contributed by atoms with Crippen LogP contribution in [0.25, 0.3) is 10.8 Å². The summed E-state index contributed by atoms with van der Waals surface area (Å²) in [6.45, 7) is 1.69. The number of amides is 3. The van der Waals surface area contributed by atoms with Gasteiger partial charge in [0.15, 0.2) is 0 Å². The molecule has 4 N–H and O–H groups in total. The molecule has 4 rings (SSSR count). The van der Waals surface area contributed by atoms with Crippen molar-refractivity contribution in [1.29, 1.82) is 0 Å². The predicted octanol–water partition coefficient (Wildman–Crippen LogP) is 2.48. The van der Waals surface area contributed by atoms with Gasteiger partial charge in [-0.05, 0) is 54.4 Å². The number of hydrogen-bond donors (Lipinski definition) is 4. The van der Waals surface area contributed by atoms with E-state index in [2.05, 4.69) is 27.2 Å². The fourth-order valence-corrected chi connectivity index (χ4v) is 4.73. The van der Waals surface area contributed by atoms with Crippen LogP contribution in [0.15, 0.2) is 60.7 Å². The molecule has 0 spiro atoms. The van der Waals surface area contributed by atoms with E-state index in [0.717, 1.165) is 21.9 Å². The molecule has 0 saturated carbocycles. The first kappa shape index (κ1) is 26.7. The van der Waals surface area contributed by atoms with Gasteiger partial charge in [0.2, 0.25) is 11.8 Å². The van der Waals surface area contributed by atoms with Crippen LogP contribution in [0.2, 0.25) is 0 Å². The van der Waals surface area contributed by atoms with Gasteiger partial charge in [0.05, 0.1) is 30.8 Å². The smallest absolute Gasteiger partial charge is 0.255 e. The molecule has 0 aliphatic heterocycles. The third-order valence-electron chi connectivity index (χ3n) is 6.94. The maximum atomic E-state index is 13.5. The Labute approximate surface area is 222 Å². The summed E-state index contributed by atoms with van der Waals surface area (Å²) < 4.78 is 5.52. The molecule has 3 aromatic rings. The fraction of sp³-hybridized carbons (Fsp3) is 0.300. The lowest BCUT2D eigenvalue weighted by atomic mass is 10.0. The van der Waals surface area contributed by atoms with Crippen molar-refractivity contribution in [2.24, 2.45) is 0 Å². The van der Waals surface area contributed by atoms with Gasteiger partial charge in [-0.1, -0.05) is 48.5 Å². The van der Waals surface area contributed by atoms with Gasteiger partial charge in [0, 0.05) is 6.42 Å². The summed E-state index contributed by atoms with van der Waals surface area (Å²) in [4.78, 5) is 39.2. The monoisotopic (exact) mass is 512 g/mol.